The maximum atomic E-state index is 12.9. The highest BCUT2D eigenvalue weighted by molar-refractivity contribution is 7.94. The van der Waals surface area contributed by atoms with Crippen LogP contribution in [-0.2, 0) is 9.84 Å². The van der Waals surface area contributed by atoms with Crippen molar-refractivity contribution in [3.05, 3.63) is 47.1 Å². The number of sulfone groups is 1. The van der Waals surface area contributed by atoms with Crippen molar-refractivity contribution in [1.82, 2.24) is 5.32 Å². The minimum absolute atomic E-state index is 0.145. The van der Waals surface area contributed by atoms with E-state index in [0.717, 1.165) is 11.5 Å². The zero-order chi connectivity index (χ0) is 12.5. The Morgan fingerprint density at radius 3 is 2.76 bits per heavy atom. The molecule has 0 spiro atoms. The Bertz CT molecular complexity index is 580. The molecule has 1 aliphatic rings. The summed E-state index contributed by atoms with van der Waals surface area (Å²) in [7, 11) is -3.20. The Hall–Kier alpha value is -1.69. The number of hydrogen-bond donors (Lipinski definition) is 1. The lowest BCUT2D eigenvalue weighted by Gasteiger charge is -2.09. The lowest BCUT2D eigenvalue weighted by molar-refractivity contribution is 0.0947. The van der Waals surface area contributed by atoms with Gasteiger partial charge in [0, 0.05) is 11.0 Å². The minimum Gasteiger partial charge on any atom is -0.345 e. The molecule has 1 aromatic rings. The second-order valence-electron chi connectivity index (χ2n) is 3.75. The van der Waals surface area contributed by atoms with E-state index in [0.29, 0.717) is 0 Å². The van der Waals surface area contributed by atoms with Crippen LogP contribution >= 0.6 is 0 Å². The molecule has 1 heterocycles. The van der Waals surface area contributed by atoms with Crippen LogP contribution in [0.25, 0.3) is 0 Å². The molecule has 1 atom stereocenters. The molecule has 0 fully saturated rings. The van der Waals surface area contributed by atoms with E-state index < -0.39 is 27.6 Å². The van der Waals surface area contributed by atoms with Gasteiger partial charge < -0.3 is 5.32 Å². The third-order valence-corrected chi connectivity index (χ3v) is 3.73. The Morgan fingerprint density at radius 1 is 1.41 bits per heavy atom. The molecule has 1 aromatic carbocycles. The first-order valence-corrected chi connectivity index (χ1v) is 6.65. The van der Waals surface area contributed by atoms with Crippen molar-refractivity contribution >= 4 is 15.7 Å². The summed E-state index contributed by atoms with van der Waals surface area (Å²) in [6.07, 6.45) is 1.41. The third-order valence-electron chi connectivity index (χ3n) is 2.33. The Kier molecular flexibility index (Phi) is 2.97. The first-order chi connectivity index (χ1) is 7.96. The van der Waals surface area contributed by atoms with E-state index in [1.54, 1.807) is 0 Å². The summed E-state index contributed by atoms with van der Waals surface area (Å²) in [6, 6.07) is 4.67. The number of carbonyl (C=O) groups excluding carboxylic acids is 1. The predicted molar refractivity (Wildman–Crippen MR) is 60.6 cm³/mol. The topological polar surface area (TPSA) is 63.2 Å². The van der Waals surface area contributed by atoms with Gasteiger partial charge in [-0.3, -0.25) is 4.79 Å². The number of nitrogens with one attached hydrogen (secondary N) is 1. The van der Waals surface area contributed by atoms with Crippen molar-refractivity contribution in [2.75, 3.05) is 5.75 Å². The van der Waals surface area contributed by atoms with Crippen LogP contribution in [0.3, 0.4) is 0 Å². The van der Waals surface area contributed by atoms with Gasteiger partial charge in [0.1, 0.15) is 5.82 Å². The number of hydrogen-bond acceptors (Lipinski definition) is 3. The molecular weight excluding hydrogens is 245 g/mol. The van der Waals surface area contributed by atoms with Crippen molar-refractivity contribution in [2.45, 2.75) is 6.04 Å². The summed E-state index contributed by atoms with van der Waals surface area (Å²) in [5, 5.41) is 3.58. The average Bonchev–Trinajstić information content (AvgIpc) is 2.58. The van der Waals surface area contributed by atoms with Gasteiger partial charge in [0.2, 0.25) is 0 Å². The quantitative estimate of drug-likeness (QED) is 0.852. The lowest BCUT2D eigenvalue weighted by Crippen LogP contribution is -2.35. The van der Waals surface area contributed by atoms with Crippen LogP contribution in [0, 0.1) is 5.82 Å². The number of amides is 1. The number of benzene rings is 1. The monoisotopic (exact) mass is 255 g/mol. The van der Waals surface area contributed by atoms with Crippen LogP contribution in [0.5, 0.6) is 0 Å². The van der Waals surface area contributed by atoms with Crippen molar-refractivity contribution in [2.24, 2.45) is 0 Å². The summed E-state index contributed by atoms with van der Waals surface area (Å²) < 4.78 is 35.1. The molecule has 1 N–H and O–H groups in total. The van der Waals surface area contributed by atoms with Crippen molar-refractivity contribution in [3.63, 3.8) is 0 Å². The molecule has 1 aliphatic heterocycles. The van der Waals surface area contributed by atoms with Gasteiger partial charge >= 0.3 is 0 Å². The van der Waals surface area contributed by atoms with E-state index >= 15 is 0 Å². The zero-order valence-electron chi connectivity index (χ0n) is 8.76. The molecular formula is C11H10FNO3S. The summed E-state index contributed by atoms with van der Waals surface area (Å²) >= 11 is 0. The predicted octanol–water partition coefficient (Wildman–Crippen LogP) is 0.866. The van der Waals surface area contributed by atoms with E-state index in [2.05, 4.69) is 5.32 Å². The smallest absolute Gasteiger partial charge is 0.251 e. The number of carbonyl (C=O) groups is 1. The molecule has 4 nitrogen and oxygen atoms in total. The fourth-order valence-corrected chi connectivity index (χ4v) is 2.78. The lowest BCUT2D eigenvalue weighted by atomic mass is 10.2. The minimum atomic E-state index is -3.20. The molecule has 0 saturated heterocycles. The zero-order valence-corrected chi connectivity index (χ0v) is 9.58. The SMILES string of the molecule is O=C(NC1C=CS(=O)(=O)C1)c1cccc(F)c1. The normalized spacial score (nSPS) is 21.4. The van der Waals surface area contributed by atoms with Crippen LogP contribution < -0.4 is 5.32 Å². The maximum absolute atomic E-state index is 12.9. The van der Waals surface area contributed by atoms with Gasteiger partial charge in [-0.05, 0) is 24.3 Å². The highest BCUT2D eigenvalue weighted by Crippen LogP contribution is 2.09. The molecule has 0 saturated carbocycles. The Morgan fingerprint density at radius 2 is 2.18 bits per heavy atom. The first-order valence-electron chi connectivity index (χ1n) is 4.94. The molecule has 90 valence electrons. The van der Waals surface area contributed by atoms with Gasteiger partial charge in [0.15, 0.2) is 9.84 Å². The molecule has 0 bridgehead atoms. The van der Waals surface area contributed by atoms with E-state index in [-0.39, 0.29) is 11.3 Å². The van der Waals surface area contributed by atoms with E-state index in [1.165, 1.54) is 24.3 Å². The van der Waals surface area contributed by atoms with Crippen LogP contribution in [0.15, 0.2) is 35.7 Å². The molecule has 0 radical (unpaired) electrons. The van der Waals surface area contributed by atoms with Crippen molar-refractivity contribution < 1.29 is 17.6 Å². The van der Waals surface area contributed by atoms with Gasteiger partial charge in [-0.2, -0.15) is 0 Å². The molecule has 0 aromatic heterocycles. The second kappa shape index (κ2) is 4.29. The molecule has 1 amide bonds. The van der Waals surface area contributed by atoms with Crippen molar-refractivity contribution in [3.8, 4) is 0 Å². The van der Waals surface area contributed by atoms with Crippen LogP contribution in [0.4, 0.5) is 4.39 Å². The van der Waals surface area contributed by atoms with Crippen LogP contribution in [0.2, 0.25) is 0 Å². The summed E-state index contributed by atoms with van der Waals surface area (Å²) in [5.74, 6) is -1.14. The largest absolute Gasteiger partial charge is 0.345 e. The van der Waals surface area contributed by atoms with E-state index in [4.69, 9.17) is 0 Å². The van der Waals surface area contributed by atoms with Gasteiger partial charge in [-0.1, -0.05) is 6.07 Å². The van der Waals surface area contributed by atoms with Gasteiger partial charge in [0.05, 0.1) is 11.8 Å². The van der Waals surface area contributed by atoms with Crippen LogP contribution in [-0.4, -0.2) is 26.1 Å². The van der Waals surface area contributed by atoms with Gasteiger partial charge in [-0.15, -0.1) is 0 Å². The Balaban J connectivity index is 2.06. The molecule has 17 heavy (non-hydrogen) atoms. The Labute approximate surface area is 98.1 Å². The number of rotatable bonds is 2. The second-order valence-corrected chi connectivity index (χ2v) is 5.68. The van der Waals surface area contributed by atoms with Gasteiger partial charge in [0.25, 0.3) is 5.91 Å². The third kappa shape index (κ3) is 2.91. The summed E-state index contributed by atoms with van der Waals surface area (Å²) in [5.41, 5.74) is 0.169. The average molecular weight is 255 g/mol. The summed E-state index contributed by atoms with van der Waals surface area (Å²) in [4.78, 5) is 11.7. The van der Waals surface area contributed by atoms with Crippen LogP contribution in [0.1, 0.15) is 10.4 Å². The summed E-state index contributed by atoms with van der Waals surface area (Å²) in [6.45, 7) is 0. The highest BCUT2D eigenvalue weighted by Gasteiger charge is 2.23. The molecule has 1 unspecified atom stereocenters. The highest BCUT2D eigenvalue weighted by atomic mass is 32.2. The van der Waals surface area contributed by atoms with E-state index in [1.807, 2.05) is 0 Å². The fraction of sp³-hybridized carbons (Fsp3) is 0.182. The molecule has 2 rings (SSSR count). The molecule has 0 aliphatic carbocycles. The maximum Gasteiger partial charge on any atom is 0.251 e. The van der Waals surface area contributed by atoms with Crippen molar-refractivity contribution in [1.29, 1.82) is 0 Å². The van der Waals surface area contributed by atoms with E-state index in [9.17, 15) is 17.6 Å². The fourth-order valence-electron chi connectivity index (χ4n) is 1.55. The van der Waals surface area contributed by atoms with Gasteiger partial charge in [-0.25, -0.2) is 12.8 Å². The number of halogens is 1. The molecule has 6 heteroatoms. The first kappa shape index (κ1) is 11.8. The standard InChI is InChI=1S/C11H10FNO3S/c12-9-3-1-2-8(6-9)11(14)13-10-4-5-17(15,16)7-10/h1-6,10H,7H2,(H,13,14).